The van der Waals surface area contributed by atoms with Crippen molar-refractivity contribution in [2.45, 2.75) is 70.5 Å². The Morgan fingerprint density at radius 3 is 2.39 bits per heavy atom. The quantitative estimate of drug-likeness (QED) is 0.514. The molecule has 0 saturated heterocycles. The molecule has 6 heteroatoms. The number of nitrogens with one attached hydrogen (secondary N) is 1. The highest BCUT2D eigenvalue weighted by Gasteiger charge is 2.31. The van der Waals surface area contributed by atoms with Crippen LogP contribution in [-0.2, 0) is 22.6 Å². The third kappa shape index (κ3) is 6.72. The predicted molar refractivity (Wildman–Crippen MR) is 126 cm³/mol. The zero-order valence-corrected chi connectivity index (χ0v) is 19.5. The van der Waals surface area contributed by atoms with Crippen LogP contribution in [0.1, 0.15) is 56.6 Å². The smallest absolute Gasteiger partial charge is 0.243 e. The highest BCUT2D eigenvalue weighted by atomic mass is 35.5. The van der Waals surface area contributed by atoms with E-state index in [4.69, 9.17) is 23.2 Å². The Balaban J connectivity index is 1.90. The molecule has 3 rings (SSSR count). The number of amides is 2. The molecule has 0 aromatic heterocycles. The van der Waals surface area contributed by atoms with Crippen LogP contribution in [0.3, 0.4) is 0 Å². The van der Waals surface area contributed by atoms with E-state index in [1.807, 2.05) is 43.3 Å². The average molecular weight is 461 g/mol. The lowest BCUT2D eigenvalue weighted by atomic mass is 10.0. The molecule has 0 radical (unpaired) electrons. The van der Waals surface area contributed by atoms with Gasteiger partial charge in [0.05, 0.1) is 10.0 Å². The Hall–Kier alpha value is -2.04. The standard InChI is InChI=1S/C25H30Cl2N2O2/c1-2-8-24(30)29(17-19-13-14-21(26)22(27)15-19)23(16-18-9-4-3-5-10-18)25(31)28-20-11-6-7-12-20/h3-5,9-10,13-15,20,23H,2,6-8,11-12,16-17H2,1H3,(H,28,31)/t23-/m1/s1. The summed E-state index contributed by atoms with van der Waals surface area (Å²) < 4.78 is 0. The van der Waals surface area contributed by atoms with Crippen molar-refractivity contribution in [3.8, 4) is 0 Å². The Morgan fingerprint density at radius 1 is 1.03 bits per heavy atom. The van der Waals surface area contributed by atoms with Gasteiger partial charge in [-0.25, -0.2) is 0 Å². The van der Waals surface area contributed by atoms with E-state index >= 15 is 0 Å². The normalized spacial score (nSPS) is 14.9. The van der Waals surface area contributed by atoms with Crippen LogP contribution >= 0.6 is 23.2 Å². The molecule has 1 aliphatic rings. The molecule has 1 N–H and O–H groups in total. The maximum absolute atomic E-state index is 13.4. The van der Waals surface area contributed by atoms with Gasteiger partial charge in [0.15, 0.2) is 0 Å². The second kappa shape index (κ2) is 11.5. The Kier molecular flexibility index (Phi) is 8.79. The van der Waals surface area contributed by atoms with E-state index in [2.05, 4.69) is 5.32 Å². The van der Waals surface area contributed by atoms with E-state index in [1.165, 1.54) is 0 Å². The summed E-state index contributed by atoms with van der Waals surface area (Å²) in [4.78, 5) is 28.3. The van der Waals surface area contributed by atoms with Crippen LogP contribution in [0.25, 0.3) is 0 Å². The molecule has 166 valence electrons. The van der Waals surface area contributed by atoms with Crippen LogP contribution in [-0.4, -0.2) is 28.8 Å². The van der Waals surface area contributed by atoms with Crippen molar-refractivity contribution in [3.05, 3.63) is 69.7 Å². The lowest BCUT2D eigenvalue weighted by Crippen LogP contribution is -2.52. The number of rotatable bonds is 9. The second-order valence-corrected chi connectivity index (χ2v) is 9.03. The number of hydrogen-bond donors (Lipinski definition) is 1. The summed E-state index contributed by atoms with van der Waals surface area (Å²) in [5, 5.41) is 4.11. The summed E-state index contributed by atoms with van der Waals surface area (Å²) in [7, 11) is 0. The number of carbonyl (C=O) groups is 2. The van der Waals surface area contributed by atoms with Crippen molar-refractivity contribution >= 4 is 35.0 Å². The van der Waals surface area contributed by atoms with Gasteiger partial charge in [0.2, 0.25) is 11.8 Å². The maximum atomic E-state index is 13.4. The van der Waals surface area contributed by atoms with E-state index < -0.39 is 6.04 Å². The van der Waals surface area contributed by atoms with Crippen LogP contribution in [0.15, 0.2) is 48.5 Å². The fourth-order valence-corrected chi connectivity index (χ4v) is 4.43. The lowest BCUT2D eigenvalue weighted by molar-refractivity contribution is -0.141. The number of halogens is 2. The Labute approximate surface area is 194 Å². The highest BCUT2D eigenvalue weighted by Crippen LogP contribution is 2.25. The molecule has 2 amide bonds. The van der Waals surface area contributed by atoms with Crippen LogP contribution in [0, 0.1) is 0 Å². The SMILES string of the molecule is CCCC(=O)N(Cc1ccc(Cl)c(Cl)c1)[C@H](Cc1ccccc1)C(=O)NC1CCCC1. The third-order valence-corrected chi connectivity index (χ3v) is 6.51. The van der Waals surface area contributed by atoms with E-state index in [0.29, 0.717) is 29.4 Å². The van der Waals surface area contributed by atoms with Crippen molar-refractivity contribution in [1.82, 2.24) is 10.2 Å². The molecule has 0 unspecified atom stereocenters. The van der Waals surface area contributed by atoms with Crippen molar-refractivity contribution < 1.29 is 9.59 Å². The Bertz CT molecular complexity index is 882. The highest BCUT2D eigenvalue weighted by molar-refractivity contribution is 6.42. The summed E-state index contributed by atoms with van der Waals surface area (Å²) in [5.41, 5.74) is 1.88. The first-order valence-electron chi connectivity index (χ1n) is 11.1. The number of nitrogens with zero attached hydrogens (tertiary/aromatic N) is 1. The number of carbonyl (C=O) groups excluding carboxylic acids is 2. The summed E-state index contributed by atoms with van der Waals surface area (Å²) in [6.07, 6.45) is 5.85. The van der Waals surface area contributed by atoms with Crippen LogP contribution in [0.5, 0.6) is 0 Å². The largest absolute Gasteiger partial charge is 0.352 e. The molecule has 31 heavy (non-hydrogen) atoms. The summed E-state index contributed by atoms with van der Waals surface area (Å²) >= 11 is 12.3. The molecule has 2 aromatic carbocycles. The van der Waals surface area contributed by atoms with Gasteiger partial charge in [-0.3, -0.25) is 9.59 Å². The summed E-state index contributed by atoms with van der Waals surface area (Å²) in [6.45, 7) is 2.28. The van der Waals surface area contributed by atoms with Gasteiger partial charge >= 0.3 is 0 Å². The summed E-state index contributed by atoms with van der Waals surface area (Å²) in [6, 6.07) is 14.8. The van der Waals surface area contributed by atoms with Crippen molar-refractivity contribution in [2.24, 2.45) is 0 Å². The molecule has 1 aliphatic carbocycles. The molecule has 1 fully saturated rings. The van der Waals surface area contributed by atoms with Gasteiger partial charge in [-0.1, -0.05) is 79.4 Å². The minimum absolute atomic E-state index is 0.0314. The van der Waals surface area contributed by atoms with Crippen molar-refractivity contribution in [3.63, 3.8) is 0 Å². The predicted octanol–water partition coefficient (Wildman–Crippen LogP) is 5.79. The topological polar surface area (TPSA) is 49.4 Å². The number of hydrogen-bond acceptors (Lipinski definition) is 2. The molecule has 0 spiro atoms. The first-order chi connectivity index (χ1) is 15.0. The van der Waals surface area contributed by atoms with Crippen LogP contribution in [0.4, 0.5) is 0 Å². The van der Waals surface area contributed by atoms with Crippen molar-refractivity contribution in [2.75, 3.05) is 0 Å². The van der Waals surface area contributed by atoms with Gasteiger partial charge in [-0.2, -0.15) is 0 Å². The fourth-order valence-electron chi connectivity index (χ4n) is 4.11. The Morgan fingerprint density at radius 2 is 1.74 bits per heavy atom. The third-order valence-electron chi connectivity index (χ3n) is 5.77. The molecule has 0 aliphatic heterocycles. The van der Waals surface area contributed by atoms with Gasteiger partial charge in [0.25, 0.3) is 0 Å². The van der Waals surface area contributed by atoms with E-state index in [0.717, 1.165) is 43.2 Å². The average Bonchev–Trinajstić information content (AvgIpc) is 3.27. The molecule has 0 bridgehead atoms. The first kappa shape index (κ1) is 23.6. The second-order valence-electron chi connectivity index (χ2n) is 8.22. The van der Waals surface area contributed by atoms with Crippen LogP contribution < -0.4 is 5.32 Å². The molecule has 1 saturated carbocycles. The minimum Gasteiger partial charge on any atom is -0.352 e. The fraction of sp³-hybridized carbons (Fsp3) is 0.440. The summed E-state index contributed by atoms with van der Waals surface area (Å²) in [5.74, 6) is -0.114. The first-order valence-corrected chi connectivity index (χ1v) is 11.8. The van der Waals surface area contributed by atoms with Gasteiger partial charge in [0.1, 0.15) is 6.04 Å². The van der Waals surface area contributed by atoms with Gasteiger partial charge in [-0.15, -0.1) is 0 Å². The molecule has 0 heterocycles. The molecule has 4 nitrogen and oxygen atoms in total. The van der Waals surface area contributed by atoms with Gasteiger partial charge in [0, 0.05) is 25.4 Å². The number of benzene rings is 2. The zero-order chi connectivity index (χ0) is 22.2. The van der Waals surface area contributed by atoms with Gasteiger partial charge < -0.3 is 10.2 Å². The van der Waals surface area contributed by atoms with E-state index in [1.54, 1.807) is 17.0 Å². The molecule has 1 atom stereocenters. The minimum atomic E-state index is -0.587. The zero-order valence-electron chi connectivity index (χ0n) is 17.9. The molecule has 2 aromatic rings. The monoisotopic (exact) mass is 460 g/mol. The van der Waals surface area contributed by atoms with Crippen LogP contribution in [0.2, 0.25) is 10.0 Å². The van der Waals surface area contributed by atoms with Gasteiger partial charge in [-0.05, 0) is 42.5 Å². The van der Waals surface area contributed by atoms with E-state index in [9.17, 15) is 9.59 Å². The molecular formula is C25H30Cl2N2O2. The lowest BCUT2D eigenvalue weighted by Gasteiger charge is -2.32. The van der Waals surface area contributed by atoms with Crippen molar-refractivity contribution in [1.29, 1.82) is 0 Å². The molecular weight excluding hydrogens is 431 g/mol. The van der Waals surface area contributed by atoms with E-state index in [-0.39, 0.29) is 17.9 Å². The maximum Gasteiger partial charge on any atom is 0.243 e.